The van der Waals surface area contributed by atoms with Gasteiger partial charge >= 0.3 is 0 Å². The molecule has 1 fully saturated rings. The van der Waals surface area contributed by atoms with Gasteiger partial charge in [0, 0.05) is 6.42 Å². The summed E-state index contributed by atoms with van der Waals surface area (Å²) in [5, 5.41) is 4.90. The number of nitrogens with one attached hydrogen (secondary N) is 2. The van der Waals surface area contributed by atoms with Gasteiger partial charge in [0.25, 0.3) is 5.91 Å². The Bertz CT molecular complexity index is 507. The van der Waals surface area contributed by atoms with Crippen molar-refractivity contribution in [3.63, 3.8) is 0 Å². The van der Waals surface area contributed by atoms with E-state index in [1.165, 1.54) is 24.3 Å². The molecule has 1 aromatic rings. The largest absolute Gasteiger partial charge is 0.348 e. The Morgan fingerprint density at radius 2 is 2.05 bits per heavy atom. The molecular weight excluding hydrogens is 273 g/mol. The number of halogens is 3. The Hall–Kier alpha value is -2.05. The number of hydrogen-bond donors (Lipinski definition) is 2. The lowest BCUT2D eigenvalue weighted by atomic mass is 10.0. The summed E-state index contributed by atoms with van der Waals surface area (Å²) in [7, 11) is 0. The number of amides is 2. The highest BCUT2D eigenvalue weighted by molar-refractivity contribution is 5.84. The molecule has 0 bridgehead atoms. The second-order valence-corrected chi connectivity index (χ2v) is 4.54. The van der Waals surface area contributed by atoms with Crippen molar-refractivity contribution in [3.8, 4) is 0 Å². The topological polar surface area (TPSA) is 58.2 Å². The Morgan fingerprint density at radius 1 is 1.40 bits per heavy atom. The van der Waals surface area contributed by atoms with E-state index in [-0.39, 0.29) is 12.3 Å². The smallest absolute Gasteiger partial charge is 0.257 e. The average Bonchev–Trinajstić information content (AvgIpc) is 2.79. The fourth-order valence-corrected chi connectivity index (χ4v) is 2.11. The van der Waals surface area contributed by atoms with Crippen LogP contribution in [0.2, 0.25) is 0 Å². The molecule has 0 spiro atoms. The predicted molar refractivity (Wildman–Crippen MR) is 64.7 cm³/mol. The highest BCUT2D eigenvalue weighted by Gasteiger charge is 2.35. The normalized spacial score (nSPS) is 23.2. The van der Waals surface area contributed by atoms with Gasteiger partial charge < -0.3 is 10.6 Å². The van der Waals surface area contributed by atoms with E-state index < -0.39 is 36.7 Å². The number of hydrogen-bond acceptors (Lipinski definition) is 2. The van der Waals surface area contributed by atoms with Gasteiger partial charge in [-0.3, -0.25) is 9.59 Å². The Labute approximate surface area is 113 Å². The maximum atomic E-state index is 12.9. The summed E-state index contributed by atoms with van der Waals surface area (Å²) in [6.45, 7) is -1.42. The van der Waals surface area contributed by atoms with E-state index in [9.17, 15) is 22.8 Å². The molecule has 2 rings (SSSR count). The lowest BCUT2D eigenvalue weighted by molar-refractivity contribution is -0.127. The van der Waals surface area contributed by atoms with Crippen molar-refractivity contribution in [2.75, 3.05) is 6.67 Å². The monoisotopic (exact) mass is 286 g/mol. The fraction of sp³-hybridized carbons (Fsp3) is 0.385. The second kappa shape index (κ2) is 5.94. The van der Waals surface area contributed by atoms with Crippen LogP contribution >= 0.6 is 0 Å². The number of alkyl halides is 2. The number of carbonyl (C=O) groups is 2. The molecule has 1 saturated heterocycles. The van der Waals surface area contributed by atoms with E-state index in [0.717, 1.165) is 0 Å². The van der Waals surface area contributed by atoms with E-state index in [0.29, 0.717) is 5.56 Å². The third-order valence-electron chi connectivity index (χ3n) is 3.10. The molecule has 0 saturated carbocycles. The molecule has 3 atom stereocenters. The van der Waals surface area contributed by atoms with Crippen LogP contribution in [-0.4, -0.2) is 30.7 Å². The quantitative estimate of drug-likeness (QED) is 0.873. The third kappa shape index (κ3) is 3.09. The van der Waals surface area contributed by atoms with Gasteiger partial charge in [0.1, 0.15) is 12.5 Å². The molecule has 2 amide bonds. The molecule has 4 nitrogen and oxygen atoms in total. The summed E-state index contributed by atoms with van der Waals surface area (Å²) < 4.78 is 37.9. The zero-order valence-corrected chi connectivity index (χ0v) is 10.4. The molecule has 108 valence electrons. The van der Waals surface area contributed by atoms with Crippen molar-refractivity contribution in [2.24, 2.45) is 0 Å². The first-order valence-corrected chi connectivity index (χ1v) is 6.06. The molecular formula is C13H13F3N2O2. The van der Waals surface area contributed by atoms with Crippen LogP contribution in [0.5, 0.6) is 0 Å². The van der Waals surface area contributed by atoms with Gasteiger partial charge in [0.15, 0.2) is 0 Å². The SMILES string of the molecule is O=C1CC(NC(=O)C(F)CF)C(c2ccc(F)cc2)N1. The average molecular weight is 286 g/mol. The molecule has 0 radical (unpaired) electrons. The molecule has 1 heterocycles. The van der Waals surface area contributed by atoms with Crippen LogP contribution in [0, 0.1) is 5.82 Å². The third-order valence-corrected chi connectivity index (χ3v) is 3.10. The van der Waals surface area contributed by atoms with E-state index >= 15 is 0 Å². The molecule has 20 heavy (non-hydrogen) atoms. The van der Waals surface area contributed by atoms with Gasteiger partial charge in [-0.15, -0.1) is 0 Å². The van der Waals surface area contributed by atoms with Crippen molar-refractivity contribution < 1.29 is 22.8 Å². The molecule has 3 unspecified atom stereocenters. The Balaban J connectivity index is 2.12. The van der Waals surface area contributed by atoms with Crippen LogP contribution in [0.4, 0.5) is 13.2 Å². The maximum absolute atomic E-state index is 12.9. The fourth-order valence-electron chi connectivity index (χ4n) is 2.11. The number of rotatable bonds is 4. The molecule has 1 aliphatic rings. The van der Waals surface area contributed by atoms with Crippen LogP contribution in [0.3, 0.4) is 0 Å². The predicted octanol–water partition coefficient (Wildman–Crippen LogP) is 1.18. The minimum absolute atomic E-state index is 0.0349. The summed E-state index contributed by atoms with van der Waals surface area (Å²) in [4.78, 5) is 22.8. The number of carbonyl (C=O) groups excluding carboxylic acids is 2. The second-order valence-electron chi connectivity index (χ2n) is 4.54. The van der Waals surface area contributed by atoms with Gasteiger partial charge in [-0.1, -0.05) is 12.1 Å². The highest BCUT2D eigenvalue weighted by atomic mass is 19.2. The zero-order valence-electron chi connectivity index (χ0n) is 10.4. The van der Waals surface area contributed by atoms with E-state index in [4.69, 9.17) is 0 Å². The lowest BCUT2D eigenvalue weighted by Gasteiger charge is -2.21. The minimum Gasteiger partial charge on any atom is -0.348 e. The van der Waals surface area contributed by atoms with Crippen LogP contribution < -0.4 is 10.6 Å². The lowest BCUT2D eigenvalue weighted by Crippen LogP contribution is -2.43. The molecule has 1 aliphatic heterocycles. The summed E-state index contributed by atoms with van der Waals surface area (Å²) in [5.74, 6) is -1.85. The summed E-state index contributed by atoms with van der Waals surface area (Å²) in [6.07, 6.45) is -2.29. The Morgan fingerprint density at radius 3 is 2.65 bits per heavy atom. The molecule has 2 N–H and O–H groups in total. The van der Waals surface area contributed by atoms with Crippen LogP contribution in [-0.2, 0) is 9.59 Å². The molecule has 7 heteroatoms. The van der Waals surface area contributed by atoms with Crippen molar-refractivity contribution in [1.82, 2.24) is 10.6 Å². The van der Waals surface area contributed by atoms with Gasteiger partial charge in [0.2, 0.25) is 12.1 Å². The summed E-state index contributed by atoms with van der Waals surface area (Å²) in [5.41, 5.74) is 0.582. The van der Waals surface area contributed by atoms with E-state index in [1.807, 2.05) is 0 Å². The first kappa shape index (κ1) is 14.4. The van der Waals surface area contributed by atoms with Crippen molar-refractivity contribution >= 4 is 11.8 Å². The summed E-state index contributed by atoms with van der Waals surface area (Å²) in [6, 6.07) is 4.10. The van der Waals surface area contributed by atoms with Crippen LogP contribution in [0.25, 0.3) is 0 Å². The zero-order chi connectivity index (χ0) is 14.7. The maximum Gasteiger partial charge on any atom is 0.257 e. The van der Waals surface area contributed by atoms with E-state index in [1.54, 1.807) is 0 Å². The van der Waals surface area contributed by atoms with Crippen LogP contribution in [0.1, 0.15) is 18.0 Å². The van der Waals surface area contributed by atoms with Gasteiger partial charge in [-0.25, -0.2) is 13.2 Å². The van der Waals surface area contributed by atoms with Gasteiger partial charge in [0.05, 0.1) is 12.1 Å². The first-order chi connectivity index (χ1) is 9.51. The first-order valence-electron chi connectivity index (χ1n) is 6.06. The number of benzene rings is 1. The summed E-state index contributed by atoms with van der Waals surface area (Å²) >= 11 is 0. The van der Waals surface area contributed by atoms with Crippen molar-refractivity contribution in [1.29, 1.82) is 0 Å². The van der Waals surface area contributed by atoms with Gasteiger partial charge in [-0.2, -0.15) is 0 Å². The Kier molecular flexibility index (Phi) is 4.26. The van der Waals surface area contributed by atoms with E-state index in [2.05, 4.69) is 10.6 Å². The van der Waals surface area contributed by atoms with Crippen molar-refractivity contribution in [2.45, 2.75) is 24.7 Å². The molecule has 0 aliphatic carbocycles. The molecule has 0 aromatic heterocycles. The van der Waals surface area contributed by atoms with Gasteiger partial charge in [-0.05, 0) is 17.7 Å². The van der Waals surface area contributed by atoms with Crippen LogP contribution in [0.15, 0.2) is 24.3 Å². The highest BCUT2D eigenvalue weighted by Crippen LogP contribution is 2.24. The van der Waals surface area contributed by atoms with Crippen molar-refractivity contribution in [3.05, 3.63) is 35.6 Å². The minimum atomic E-state index is -2.25. The molecule has 1 aromatic carbocycles. The standard InChI is InChI=1S/C13H13F3N2O2/c14-6-9(16)13(20)17-10-5-11(19)18-12(10)7-1-3-8(15)4-2-7/h1-4,9-10,12H,5-6H2,(H,17,20)(H,18,19).